The third kappa shape index (κ3) is 5.66. The van der Waals surface area contributed by atoms with E-state index in [1.165, 1.54) is 39.9 Å². The van der Waals surface area contributed by atoms with Crippen LogP contribution < -0.4 is 4.80 Å². The predicted octanol–water partition coefficient (Wildman–Crippen LogP) is 4.52. The molecule has 184 valence electrons. The quantitative estimate of drug-likeness (QED) is 0.407. The van der Waals surface area contributed by atoms with Gasteiger partial charge in [0.1, 0.15) is 0 Å². The number of carbonyl (C=O) groups is 1. The van der Waals surface area contributed by atoms with E-state index in [0.29, 0.717) is 36.6 Å². The van der Waals surface area contributed by atoms with E-state index in [4.69, 9.17) is 4.74 Å². The molecule has 3 rings (SSSR count). The highest BCUT2D eigenvalue weighted by Crippen LogP contribution is 2.24. The Bertz CT molecular complexity index is 1320. The SMILES string of the molecule is CCCCN(CC)S(=O)(=O)c1ccc(C(=O)N=c2sc3c(C)cc(C)cc3n2CCOC)cc1. The van der Waals surface area contributed by atoms with Crippen LogP contribution in [0.5, 0.6) is 0 Å². The molecule has 1 aromatic heterocycles. The second kappa shape index (κ2) is 11.4. The number of aromatic nitrogens is 1. The molecule has 0 aliphatic rings. The van der Waals surface area contributed by atoms with E-state index in [9.17, 15) is 13.2 Å². The number of methoxy groups -OCH3 is 1. The molecule has 2 aromatic carbocycles. The topological polar surface area (TPSA) is 81.0 Å². The maximum atomic E-state index is 13.0. The molecular weight excluding hydrogens is 470 g/mol. The summed E-state index contributed by atoms with van der Waals surface area (Å²) < 4.78 is 35.7. The van der Waals surface area contributed by atoms with Gasteiger partial charge < -0.3 is 9.30 Å². The molecule has 0 aliphatic carbocycles. The van der Waals surface area contributed by atoms with Gasteiger partial charge in [-0.15, -0.1) is 0 Å². The minimum absolute atomic E-state index is 0.185. The van der Waals surface area contributed by atoms with Crippen LogP contribution in [0.3, 0.4) is 0 Å². The van der Waals surface area contributed by atoms with Crippen LogP contribution >= 0.6 is 11.3 Å². The van der Waals surface area contributed by atoms with Gasteiger partial charge in [0.15, 0.2) is 4.80 Å². The zero-order valence-corrected chi connectivity index (χ0v) is 22.1. The van der Waals surface area contributed by atoms with Crippen LogP contribution in [0.1, 0.15) is 48.2 Å². The van der Waals surface area contributed by atoms with E-state index >= 15 is 0 Å². The Balaban J connectivity index is 1.96. The molecule has 0 N–H and O–H groups in total. The van der Waals surface area contributed by atoms with E-state index in [0.717, 1.165) is 34.2 Å². The number of sulfonamides is 1. The molecule has 0 atom stereocenters. The Morgan fingerprint density at radius 2 is 1.85 bits per heavy atom. The molecule has 34 heavy (non-hydrogen) atoms. The summed E-state index contributed by atoms with van der Waals surface area (Å²) in [6, 6.07) is 10.3. The minimum Gasteiger partial charge on any atom is -0.383 e. The van der Waals surface area contributed by atoms with Crippen molar-refractivity contribution in [2.75, 3.05) is 26.8 Å². The van der Waals surface area contributed by atoms with E-state index < -0.39 is 15.9 Å². The summed E-state index contributed by atoms with van der Waals surface area (Å²) in [6.45, 7) is 9.93. The minimum atomic E-state index is -3.59. The first-order valence-corrected chi connectivity index (χ1v) is 13.8. The number of hydrogen-bond donors (Lipinski definition) is 0. The maximum absolute atomic E-state index is 13.0. The third-order valence-corrected chi connectivity index (χ3v) is 8.90. The number of fused-ring (bicyclic) bond motifs is 1. The van der Waals surface area contributed by atoms with Gasteiger partial charge in [-0.3, -0.25) is 4.79 Å². The molecule has 3 aromatic rings. The first-order valence-electron chi connectivity index (χ1n) is 11.5. The van der Waals surface area contributed by atoms with E-state index in [1.54, 1.807) is 7.11 Å². The van der Waals surface area contributed by atoms with Gasteiger partial charge in [-0.25, -0.2) is 8.42 Å². The third-order valence-electron chi connectivity index (χ3n) is 5.68. The van der Waals surface area contributed by atoms with Crippen molar-refractivity contribution in [1.82, 2.24) is 8.87 Å². The number of unbranched alkanes of at least 4 members (excludes halogenated alkanes) is 1. The Labute approximate surface area is 205 Å². The number of amides is 1. The monoisotopic (exact) mass is 503 g/mol. The number of ether oxygens (including phenoxy) is 1. The van der Waals surface area contributed by atoms with Crippen molar-refractivity contribution in [2.24, 2.45) is 4.99 Å². The van der Waals surface area contributed by atoms with Crippen LogP contribution in [0.2, 0.25) is 0 Å². The fraction of sp³-hybridized carbons (Fsp3) is 0.440. The molecule has 0 spiro atoms. The summed E-state index contributed by atoms with van der Waals surface area (Å²) in [5, 5.41) is 0. The molecule has 0 saturated carbocycles. The summed E-state index contributed by atoms with van der Waals surface area (Å²) in [5.74, 6) is -0.408. The number of nitrogens with zero attached hydrogens (tertiary/aromatic N) is 3. The molecule has 1 heterocycles. The zero-order valence-electron chi connectivity index (χ0n) is 20.5. The average molecular weight is 504 g/mol. The van der Waals surface area contributed by atoms with Crippen molar-refractivity contribution in [3.8, 4) is 0 Å². The summed E-state index contributed by atoms with van der Waals surface area (Å²) in [4.78, 5) is 18.2. The van der Waals surface area contributed by atoms with Crippen molar-refractivity contribution in [1.29, 1.82) is 0 Å². The zero-order chi connectivity index (χ0) is 24.9. The van der Waals surface area contributed by atoms with Gasteiger partial charge in [-0.2, -0.15) is 9.30 Å². The van der Waals surface area contributed by atoms with Crippen LogP contribution in [-0.4, -0.2) is 50.0 Å². The molecule has 9 heteroatoms. The highest BCUT2D eigenvalue weighted by Gasteiger charge is 2.22. The predicted molar refractivity (Wildman–Crippen MR) is 137 cm³/mol. The van der Waals surface area contributed by atoms with Crippen LogP contribution in [0.25, 0.3) is 10.2 Å². The fourth-order valence-corrected chi connectivity index (χ4v) is 6.44. The van der Waals surface area contributed by atoms with Crippen LogP contribution in [0, 0.1) is 13.8 Å². The Hall–Kier alpha value is -2.33. The van der Waals surface area contributed by atoms with Gasteiger partial charge in [0.05, 0.1) is 21.7 Å². The molecule has 1 amide bonds. The lowest BCUT2D eigenvalue weighted by atomic mass is 10.1. The maximum Gasteiger partial charge on any atom is 0.279 e. The number of benzene rings is 2. The van der Waals surface area contributed by atoms with Gasteiger partial charge in [0, 0.05) is 32.3 Å². The Morgan fingerprint density at radius 3 is 2.47 bits per heavy atom. The van der Waals surface area contributed by atoms with Crippen molar-refractivity contribution in [2.45, 2.75) is 52.0 Å². The van der Waals surface area contributed by atoms with E-state index in [-0.39, 0.29) is 4.90 Å². The van der Waals surface area contributed by atoms with Gasteiger partial charge in [0.2, 0.25) is 10.0 Å². The van der Waals surface area contributed by atoms with Crippen LogP contribution in [0.4, 0.5) is 0 Å². The largest absolute Gasteiger partial charge is 0.383 e. The standard InChI is InChI=1S/C25H33N3O4S2/c1-6-8-13-27(7-2)34(30,31)21-11-9-20(10-12-21)24(29)26-25-28(14-15-32-5)22-17-18(3)16-19(4)23(22)33-25/h9-12,16-17H,6-8,13-15H2,1-5H3. The van der Waals surface area contributed by atoms with Gasteiger partial charge in [0.25, 0.3) is 5.91 Å². The lowest BCUT2D eigenvalue weighted by Crippen LogP contribution is -2.31. The smallest absolute Gasteiger partial charge is 0.279 e. The van der Waals surface area contributed by atoms with Gasteiger partial charge in [-0.1, -0.05) is 37.7 Å². The number of thiazole rings is 1. The molecule has 7 nitrogen and oxygen atoms in total. The van der Waals surface area contributed by atoms with Crippen molar-refractivity contribution in [3.63, 3.8) is 0 Å². The summed E-state index contributed by atoms with van der Waals surface area (Å²) >= 11 is 1.47. The first-order chi connectivity index (χ1) is 16.2. The summed E-state index contributed by atoms with van der Waals surface area (Å²) in [5.41, 5.74) is 3.65. The van der Waals surface area contributed by atoms with Crippen LogP contribution in [-0.2, 0) is 21.3 Å². The number of aryl methyl sites for hydroxylation is 2. The number of rotatable bonds is 10. The normalized spacial score (nSPS) is 12.7. The van der Waals surface area contributed by atoms with Crippen molar-refractivity contribution >= 4 is 37.5 Å². The molecular formula is C25H33N3O4S2. The summed E-state index contributed by atoms with van der Waals surface area (Å²) in [7, 11) is -1.95. The summed E-state index contributed by atoms with van der Waals surface area (Å²) in [6.07, 6.45) is 1.72. The van der Waals surface area contributed by atoms with Crippen LogP contribution in [0.15, 0.2) is 46.3 Å². The number of hydrogen-bond acceptors (Lipinski definition) is 5. The molecule has 0 radical (unpaired) electrons. The van der Waals surface area contributed by atoms with E-state index in [1.807, 2.05) is 25.3 Å². The highest BCUT2D eigenvalue weighted by atomic mass is 32.2. The molecule has 0 fully saturated rings. The lowest BCUT2D eigenvalue weighted by Gasteiger charge is -2.20. The average Bonchev–Trinajstić information content (AvgIpc) is 3.15. The molecule has 0 unspecified atom stereocenters. The second-order valence-corrected chi connectivity index (χ2v) is 11.2. The second-order valence-electron chi connectivity index (χ2n) is 8.25. The first kappa shape index (κ1) is 26.3. The van der Waals surface area contributed by atoms with E-state index in [2.05, 4.69) is 24.0 Å². The van der Waals surface area contributed by atoms with Crippen molar-refractivity contribution < 1.29 is 17.9 Å². The van der Waals surface area contributed by atoms with Crippen molar-refractivity contribution in [3.05, 3.63) is 57.9 Å². The number of carbonyl (C=O) groups excluding carboxylic acids is 1. The molecule has 0 aliphatic heterocycles. The molecule has 0 bridgehead atoms. The molecule has 0 saturated heterocycles. The van der Waals surface area contributed by atoms with Gasteiger partial charge >= 0.3 is 0 Å². The Kier molecular flexibility index (Phi) is 8.81. The Morgan fingerprint density at radius 1 is 1.15 bits per heavy atom. The fourth-order valence-electron chi connectivity index (χ4n) is 3.85. The highest BCUT2D eigenvalue weighted by molar-refractivity contribution is 7.89. The lowest BCUT2D eigenvalue weighted by molar-refractivity contribution is 0.0997. The van der Waals surface area contributed by atoms with Gasteiger partial charge in [-0.05, 0) is 61.7 Å².